The topological polar surface area (TPSA) is 0 Å². The maximum absolute atomic E-state index is 2.42. The van der Waals surface area contributed by atoms with Crippen LogP contribution in [0, 0.1) is 0 Å². The Labute approximate surface area is 289 Å². The van der Waals surface area contributed by atoms with Crippen molar-refractivity contribution >= 4 is 63.8 Å². The highest BCUT2D eigenvalue weighted by molar-refractivity contribution is 7.26. The van der Waals surface area contributed by atoms with Gasteiger partial charge in [-0.05, 0) is 107 Å². The minimum absolute atomic E-state index is 1.22. The molecular formula is C48H30S. The predicted octanol–water partition coefficient (Wildman–Crippen LogP) is 14.2. The Balaban J connectivity index is 1.25. The lowest BCUT2D eigenvalue weighted by Gasteiger charge is -2.19. The summed E-state index contributed by atoms with van der Waals surface area (Å²) in [5.74, 6) is 0. The monoisotopic (exact) mass is 638 g/mol. The number of rotatable bonds is 4. The maximum Gasteiger partial charge on any atom is 0.0361 e. The van der Waals surface area contributed by atoms with Crippen LogP contribution in [-0.4, -0.2) is 0 Å². The summed E-state index contributed by atoms with van der Waals surface area (Å²) >= 11 is 1.90. The Hall–Kier alpha value is -6.02. The zero-order valence-electron chi connectivity index (χ0n) is 26.7. The molecule has 0 atom stereocenters. The van der Waals surface area contributed by atoms with Crippen molar-refractivity contribution in [3.63, 3.8) is 0 Å². The number of benzene rings is 9. The molecule has 0 nitrogen and oxygen atoms in total. The van der Waals surface area contributed by atoms with Crippen LogP contribution in [-0.2, 0) is 0 Å². The Kier molecular flexibility index (Phi) is 6.47. The van der Waals surface area contributed by atoms with E-state index in [-0.39, 0.29) is 0 Å². The summed E-state index contributed by atoms with van der Waals surface area (Å²) in [4.78, 5) is 0. The molecule has 9 aromatic carbocycles. The van der Waals surface area contributed by atoms with Gasteiger partial charge in [0.15, 0.2) is 0 Å². The molecule has 0 unspecified atom stereocenters. The van der Waals surface area contributed by atoms with Crippen LogP contribution in [0.1, 0.15) is 0 Å². The van der Waals surface area contributed by atoms with Crippen LogP contribution in [0.5, 0.6) is 0 Å². The molecule has 1 heterocycles. The van der Waals surface area contributed by atoms with Gasteiger partial charge in [0, 0.05) is 20.2 Å². The third-order valence-corrected chi connectivity index (χ3v) is 11.1. The molecule has 49 heavy (non-hydrogen) atoms. The lowest BCUT2D eigenvalue weighted by atomic mass is 9.84. The number of thiophene rings is 1. The minimum atomic E-state index is 1.22. The van der Waals surface area contributed by atoms with E-state index < -0.39 is 0 Å². The standard InChI is InChI=1S/C48H30S/c1-3-13-31(14-4-1)35-27-36(32-15-5-2-6-16-32)29-37(28-35)47-41-21-11-9-19-39(41)46(40-20-10-12-22-42(40)47)34-23-25-43-45(30-34)49-44-26-24-33-17-7-8-18-38(33)48(43)44/h1-30H. The summed E-state index contributed by atoms with van der Waals surface area (Å²) < 4.78 is 2.66. The number of hydrogen-bond donors (Lipinski definition) is 0. The zero-order chi connectivity index (χ0) is 32.3. The maximum atomic E-state index is 2.42. The molecule has 0 saturated carbocycles. The quantitative estimate of drug-likeness (QED) is 0.168. The van der Waals surface area contributed by atoms with E-state index in [1.807, 2.05) is 11.3 Å². The molecule has 228 valence electrons. The van der Waals surface area contributed by atoms with Gasteiger partial charge >= 0.3 is 0 Å². The van der Waals surface area contributed by atoms with Gasteiger partial charge in [-0.15, -0.1) is 11.3 Å². The van der Waals surface area contributed by atoms with Crippen LogP contribution < -0.4 is 0 Å². The van der Waals surface area contributed by atoms with Crippen molar-refractivity contribution in [1.82, 2.24) is 0 Å². The van der Waals surface area contributed by atoms with Gasteiger partial charge in [0.2, 0.25) is 0 Å². The van der Waals surface area contributed by atoms with Crippen molar-refractivity contribution in [2.24, 2.45) is 0 Å². The molecule has 10 aromatic rings. The van der Waals surface area contributed by atoms with Gasteiger partial charge < -0.3 is 0 Å². The first-order valence-corrected chi connectivity index (χ1v) is 17.7. The summed E-state index contributed by atoms with van der Waals surface area (Å²) in [5.41, 5.74) is 9.93. The highest BCUT2D eigenvalue weighted by Crippen LogP contribution is 2.47. The van der Waals surface area contributed by atoms with Gasteiger partial charge in [0.05, 0.1) is 0 Å². The van der Waals surface area contributed by atoms with Crippen LogP contribution >= 0.6 is 11.3 Å². The number of hydrogen-bond acceptors (Lipinski definition) is 1. The SMILES string of the molecule is c1ccc(-c2cc(-c3ccccc3)cc(-c3c4ccccc4c(-c4ccc5c(c4)sc4ccc6ccccc6c45)c4ccccc34)c2)cc1. The molecular weight excluding hydrogens is 609 g/mol. The molecule has 0 spiro atoms. The molecule has 0 bridgehead atoms. The van der Waals surface area contributed by atoms with E-state index in [0.717, 1.165) is 0 Å². The molecule has 0 saturated heterocycles. The van der Waals surface area contributed by atoms with Crippen molar-refractivity contribution in [1.29, 1.82) is 0 Å². The van der Waals surface area contributed by atoms with Gasteiger partial charge in [-0.3, -0.25) is 0 Å². The third kappa shape index (κ3) is 4.58. The summed E-state index contributed by atoms with van der Waals surface area (Å²) in [6.07, 6.45) is 0. The zero-order valence-corrected chi connectivity index (χ0v) is 27.5. The van der Waals surface area contributed by atoms with Gasteiger partial charge in [-0.2, -0.15) is 0 Å². The van der Waals surface area contributed by atoms with Crippen LogP contribution in [0.3, 0.4) is 0 Å². The van der Waals surface area contributed by atoms with Crippen molar-refractivity contribution in [2.45, 2.75) is 0 Å². The van der Waals surface area contributed by atoms with E-state index in [0.29, 0.717) is 0 Å². The lowest BCUT2D eigenvalue weighted by Crippen LogP contribution is -1.92. The van der Waals surface area contributed by atoms with E-state index >= 15 is 0 Å². The molecule has 0 aliphatic rings. The van der Waals surface area contributed by atoms with Gasteiger partial charge in [0.25, 0.3) is 0 Å². The van der Waals surface area contributed by atoms with Gasteiger partial charge in [-0.1, -0.05) is 152 Å². The second kappa shape index (κ2) is 11.3. The van der Waals surface area contributed by atoms with Crippen molar-refractivity contribution in [2.75, 3.05) is 0 Å². The molecule has 0 aliphatic carbocycles. The van der Waals surface area contributed by atoms with Crippen LogP contribution in [0.25, 0.3) is 97.0 Å². The number of fused-ring (bicyclic) bond motifs is 7. The molecule has 0 N–H and O–H groups in total. The Morgan fingerprint density at radius 1 is 0.265 bits per heavy atom. The van der Waals surface area contributed by atoms with E-state index in [9.17, 15) is 0 Å². The highest BCUT2D eigenvalue weighted by Gasteiger charge is 2.19. The molecule has 0 fully saturated rings. The Morgan fingerprint density at radius 2 is 0.755 bits per heavy atom. The lowest BCUT2D eigenvalue weighted by molar-refractivity contribution is 1.58. The predicted molar refractivity (Wildman–Crippen MR) is 214 cm³/mol. The van der Waals surface area contributed by atoms with Gasteiger partial charge in [-0.25, -0.2) is 0 Å². The fourth-order valence-corrected chi connectivity index (χ4v) is 8.98. The molecule has 0 radical (unpaired) electrons. The normalized spacial score (nSPS) is 11.7. The average Bonchev–Trinajstić information content (AvgIpc) is 3.56. The van der Waals surface area contributed by atoms with E-state index in [2.05, 4.69) is 182 Å². The largest absolute Gasteiger partial charge is 0.135 e. The summed E-state index contributed by atoms with van der Waals surface area (Å²) in [6, 6.07) is 67.0. The fraction of sp³-hybridized carbons (Fsp3) is 0. The van der Waals surface area contributed by atoms with Crippen molar-refractivity contribution in [3.05, 3.63) is 182 Å². The van der Waals surface area contributed by atoms with Crippen LogP contribution in [0.2, 0.25) is 0 Å². The van der Waals surface area contributed by atoms with Crippen molar-refractivity contribution < 1.29 is 0 Å². The second-order valence-electron chi connectivity index (χ2n) is 12.8. The smallest absolute Gasteiger partial charge is 0.0361 e. The molecule has 0 aliphatic heterocycles. The average molecular weight is 639 g/mol. The van der Waals surface area contributed by atoms with E-state index in [1.165, 1.54) is 97.0 Å². The van der Waals surface area contributed by atoms with Crippen LogP contribution in [0.15, 0.2) is 182 Å². The first-order valence-electron chi connectivity index (χ1n) is 16.8. The Bertz CT molecular complexity index is 2750. The van der Waals surface area contributed by atoms with Crippen molar-refractivity contribution in [3.8, 4) is 44.5 Å². The van der Waals surface area contributed by atoms with E-state index in [4.69, 9.17) is 0 Å². The molecule has 0 amide bonds. The molecule has 10 rings (SSSR count). The van der Waals surface area contributed by atoms with E-state index in [1.54, 1.807) is 0 Å². The molecule has 1 heteroatoms. The van der Waals surface area contributed by atoms with Gasteiger partial charge in [0.1, 0.15) is 0 Å². The minimum Gasteiger partial charge on any atom is -0.135 e. The molecule has 1 aromatic heterocycles. The third-order valence-electron chi connectivity index (χ3n) is 10.0. The first kappa shape index (κ1) is 28.0. The summed E-state index contributed by atoms with van der Waals surface area (Å²) in [7, 11) is 0. The second-order valence-corrected chi connectivity index (χ2v) is 13.9. The van der Waals surface area contributed by atoms with Crippen LogP contribution in [0.4, 0.5) is 0 Å². The fourth-order valence-electron chi connectivity index (χ4n) is 7.82. The highest BCUT2D eigenvalue weighted by atomic mass is 32.1. The summed E-state index contributed by atoms with van der Waals surface area (Å²) in [5, 5.41) is 10.4. The summed E-state index contributed by atoms with van der Waals surface area (Å²) in [6.45, 7) is 0. The first-order chi connectivity index (χ1) is 24.3. The Morgan fingerprint density at radius 3 is 1.35 bits per heavy atom.